The number of rotatable bonds is 4. The van der Waals surface area contributed by atoms with Gasteiger partial charge in [-0.3, -0.25) is 9.20 Å². The molecule has 0 saturated heterocycles. The maximum atomic E-state index is 12.5. The molecular formula is C19H17KN2O3S. The molecule has 3 aromatic heterocycles. The molecule has 0 radical (unpaired) electrons. The van der Waals surface area contributed by atoms with Crippen LogP contribution in [0, 0.1) is 6.92 Å². The van der Waals surface area contributed by atoms with E-state index in [9.17, 15) is 14.7 Å². The molecule has 0 aromatic carbocycles. The minimum absolute atomic E-state index is 0. The minimum Gasteiger partial charge on any atom is -0.545 e. The Morgan fingerprint density at radius 3 is 2.65 bits per heavy atom. The van der Waals surface area contributed by atoms with Crippen molar-refractivity contribution >= 4 is 22.8 Å². The molecule has 0 spiro atoms. The molecule has 3 heterocycles. The summed E-state index contributed by atoms with van der Waals surface area (Å²) in [4.78, 5) is 26.1. The Hall–Kier alpha value is -0.804. The molecule has 3 aromatic rings. The quantitative estimate of drug-likeness (QED) is 0.580. The first-order valence-corrected chi connectivity index (χ1v) is 9.02. The zero-order chi connectivity index (χ0) is 17.7. The first kappa shape index (κ1) is 19.9. The van der Waals surface area contributed by atoms with Gasteiger partial charge in [-0.25, -0.2) is 0 Å². The third-order valence-corrected chi connectivity index (χ3v) is 5.92. The number of aryl methyl sites for hydroxylation is 1. The molecule has 0 bridgehead atoms. The van der Waals surface area contributed by atoms with Gasteiger partial charge in [0.25, 0.3) is 5.56 Å². The van der Waals surface area contributed by atoms with Crippen LogP contribution in [0.4, 0.5) is 0 Å². The molecule has 128 valence electrons. The average molecular weight is 393 g/mol. The van der Waals surface area contributed by atoms with Crippen molar-refractivity contribution in [1.29, 1.82) is 0 Å². The van der Waals surface area contributed by atoms with Crippen LogP contribution in [0.15, 0.2) is 35.3 Å². The standard InChI is InChI=1S/C19H18N2O3S.K/c1-10-13(16-5-4-12(9-20)25-16)6-7-21-17(10)14(11-2-3-11)8-15(18(21)22)19(23)24;/h4-8,11H,2-3,9,20H2,1H3,(H,23,24);/q;+1/p-1. The van der Waals surface area contributed by atoms with Gasteiger partial charge in [0.1, 0.15) is 0 Å². The van der Waals surface area contributed by atoms with Crippen molar-refractivity contribution in [1.82, 2.24) is 4.40 Å². The Balaban J connectivity index is 0.00000196. The largest absolute Gasteiger partial charge is 1.00 e. The normalized spacial score (nSPS) is 13.6. The van der Waals surface area contributed by atoms with Gasteiger partial charge in [0.05, 0.1) is 17.0 Å². The van der Waals surface area contributed by atoms with E-state index in [2.05, 4.69) is 0 Å². The van der Waals surface area contributed by atoms with E-state index < -0.39 is 11.5 Å². The van der Waals surface area contributed by atoms with Gasteiger partial charge in [-0.2, -0.15) is 0 Å². The number of thiophene rings is 1. The van der Waals surface area contributed by atoms with E-state index in [-0.39, 0.29) is 56.9 Å². The number of carbonyl (C=O) groups is 1. The fourth-order valence-electron chi connectivity index (χ4n) is 3.35. The molecule has 0 aliphatic heterocycles. The number of hydrogen-bond donors (Lipinski definition) is 1. The van der Waals surface area contributed by atoms with Crippen LogP contribution in [0.3, 0.4) is 0 Å². The second-order valence-electron chi connectivity index (χ2n) is 6.42. The van der Waals surface area contributed by atoms with Crippen molar-refractivity contribution in [2.24, 2.45) is 5.73 Å². The van der Waals surface area contributed by atoms with E-state index in [1.54, 1.807) is 17.5 Å². The molecule has 5 nitrogen and oxygen atoms in total. The minimum atomic E-state index is -1.42. The van der Waals surface area contributed by atoms with E-state index in [1.165, 1.54) is 10.5 Å². The maximum absolute atomic E-state index is 12.5. The van der Waals surface area contributed by atoms with E-state index in [4.69, 9.17) is 5.73 Å². The molecule has 1 saturated carbocycles. The van der Waals surface area contributed by atoms with Crippen molar-refractivity contribution in [2.45, 2.75) is 32.2 Å². The molecule has 2 N–H and O–H groups in total. The van der Waals surface area contributed by atoms with Crippen LogP contribution in [0.25, 0.3) is 16.0 Å². The number of nitrogens with zero attached hydrogens (tertiary/aromatic N) is 1. The van der Waals surface area contributed by atoms with Gasteiger partial charge in [-0.05, 0) is 66.6 Å². The summed E-state index contributed by atoms with van der Waals surface area (Å²) in [6.45, 7) is 2.48. The zero-order valence-electron chi connectivity index (χ0n) is 14.7. The van der Waals surface area contributed by atoms with E-state index in [1.807, 2.05) is 25.1 Å². The van der Waals surface area contributed by atoms with E-state index in [0.717, 1.165) is 44.8 Å². The second-order valence-corrected chi connectivity index (χ2v) is 7.59. The number of hydrogen-bond acceptors (Lipinski definition) is 5. The maximum Gasteiger partial charge on any atom is 1.00 e. The topological polar surface area (TPSA) is 87.6 Å². The Labute approximate surface area is 197 Å². The Morgan fingerprint density at radius 2 is 2.08 bits per heavy atom. The average Bonchev–Trinajstić information content (AvgIpc) is 3.32. The predicted octanol–water partition coefficient (Wildman–Crippen LogP) is -0.960. The summed E-state index contributed by atoms with van der Waals surface area (Å²) in [5.74, 6) is -1.11. The third-order valence-electron chi connectivity index (χ3n) is 4.78. The smallest absolute Gasteiger partial charge is 0.545 e. The zero-order valence-corrected chi connectivity index (χ0v) is 18.7. The molecule has 0 amide bonds. The molecular weight excluding hydrogens is 375 g/mol. The number of aromatic nitrogens is 1. The van der Waals surface area contributed by atoms with Crippen LogP contribution >= 0.6 is 11.3 Å². The fourth-order valence-corrected chi connectivity index (χ4v) is 4.32. The van der Waals surface area contributed by atoms with Crippen LogP contribution in [-0.4, -0.2) is 10.4 Å². The molecule has 1 aliphatic rings. The number of fused-ring (bicyclic) bond motifs is 1. The van der Waals surface area contributed by atoms with Gasteiger partial charge in [-0.15, -0.1) is 11.3 Å². The predicted molar refractivity (Wildman–Crippen MR) is 95.9 cm³/mol. The third kappa shape index (κ3) is 3.37. The van der Waals surface area contributed by atoms with Gasteiger partial charge in [0.15, 0.2) is 0 Å². The van der Waals surface area contributed by atoms with Crippen molar-refractivity contribution in [3.05, 3.63) is 62.4 Å². The number of pyridine rings is 2. The molecule has 1 fully saturated rings. The van der Waals surface area contributed by atoms with Gasteiger partial charge in [0.2, 0.25) is 0 Å². The molecule has 7 heteroatoms. The SMILES string of the molecule is Cc1c(-c2ccc(CN)s2)ccn2c(=O)c(C(=O)[O-])cc(C3CC3)c12.[K+]. The van der Waals surface area contributed by atoms with Crippen molar-refractivity contribution in [3.8, 4) is 10.4 Å². The van der Waals surface area contributed by atoms with Crippen LogP contribution in [-0.2, 0) is 6.54 Å². The van der Waals surface area contributed by atoms with Crippen LogP contribution in [0.2, 0.25) is 0 Å². The number of carboxylic acid groups (broad SMARTS) is 1. The molecule has 26 heavy (non-hydrogen) atoms. The summed E-state index contributed by atoms with van der Waals surface area (Å²) in [7, 11) is 0. The summed E-state index contributed by atoms with van der Waals surface area (Å²) in [5, 5.41) is 11.3. The van der Waals surface area contributed by atoms with Crippen LogP contribution in [0.5, 0.6) is 0 Å². The monoisotopic (exact) mass is 392 g/mol. The fraction of sp³-hybridized carbons (Fsp3) is 0.263. The Kier molecular flexibility index (Phi) is 5.88. The Bertz CT molecular complexity index is 1070. The number of carbonyl (C=O) groups excluding carboxylic acids is 1. The number of carboxylic acids is 1. The summed E-state index contributed by atoms with van der Waals surface area (Å²) in [6.07, 6.45) is 3.70. The summed E-state index contributed by atoms with van der Waals surface area (Å²) in [5.41, 5.74) is 8.67. The van der Waals surface area contributed by atoms with E-state index >= 15 is 0 Å². The van der Waals surface area contributed by atoms with Crippen molar-refractivity contribution in [3.63, 3.8) is 0 Å². The van der Waals surface area contributed by atoms with Gasteiger partial charge in [-0.1, -0.05) is 0 Å². The molecule has 0 unspecified atom stereocenters. The van der Waals surface area contributed by atoms with Crippen LogP contribution < -0.4 is 67.8 Å². The summed E-state index contributed by atoms with van der Waals surface area (Å²) >= 11 is 1.63. The Morgan fingerprint density at radius 1 is 1.35 bits per heavy atom. The molecule has 4 rings (SSSR count). The van der Waals surface area contributed by atoms with E-state index in [0.29, 0.717) is 12.5 Å². The molecule has 1 aliphatic carbocycles. The van der Waals surface area contributed by atoms with Gasteiger partial charge >= 0.3 is 51.4 Å². The number of nitrogens with two attached hydrogens (primary N) is 1. The first-order chi connectivity index (χ1) is 12.0. The summed E-state index contributed by atoms with van der Waals surface area (Å²) < 4.78 is 1.45. The van der Waals surface area contributed by atoms with Gasteiger partial charge in [0, 0.05) is 22.5 Å². The van der Waals surface area contributed by atoms with Gasteiger partial charge < -0.3 is 15.6 Å². The first-order valence-electron chi connectivity index (χ1n) is 8.20. The van der Waals surface area contributed by atoms with Crippen molar-refractivity contribution in [2.75, 3.05) is 0 Å². The van der Waals surface area contributed by atoms with Crippen LogP contribution in [0.1, 0.15) is 45.1 Å². The second kappa shape index (κ2) is 7.67. The molecule has 0 atom stereocenters. The summed E-state index contributed by atoms with van der Waals surface area (Å²) in [6, 6.07) is 7.43. The van der Waals surface area contributed by atoms with Crippen molar-refractivity contribution < 1.29 is 61.3 Å². The number of aromatic carboxylic acids is 1.